The van der Waals surface area contributed by atoms with Crippen LogP contribution in [0.25, 0.3) is 5.76 Å². The minimum atomic E-state index is -3.57. The number of hydrogen-bond donors (Lipinski definition) is 2. The topological polar surface area (TPSA) is 104 Å². The zero-order valence-electron chi connectivity index (χ0n) is 16.2. The van der Waals surface area contributed by atoms with Gasteiger partial charge in [-0.3, -0.25) is 9.69 Å². The maximum absolute atomic E-state index is 12.2. The van der Waals surface area contributed by atoms with Crippen molar-refractivity contribution >= 4 is 33.0 Å². The molecular weight excluding hydrogens is 406 g/mol. The monoisotopic (exact) mass is 431 g/mol. The van der Waals surface area contributed by atoms with Gasteiger partial charge in [0, 0.05) is 44.0 Å². The molecule has 28 heavy (non-hydrogen) atoms. The number of benzene rings is 1. The highest BCUT2D eigenvalue weighted by Crippen LogP contribution is 2.35. The second-order valence-corrected chi connectivity index (χ2v) is 9.36. The molecule has 2 rings (SSSR count). The van der Waals surface area contributed by atoms with Crippen LogP contribution in [0.15, 0.2) is 22.6 Å². The van der Waals surface area contributed by atoms with Crippen LogP contribution in [0.3, 0.4) is 0 Å². The van der Waals surface area contributed by atoms with Crippen molar-refractivity contribution in [2.45, 2.75) is 36.8 Å². The molecule has 1 unspecified atom stereocenters. The van der Waals surface area contributed by atoms with Crippen LogP contribution in [0.1, 0.15) is 30.4 Å². The van der Waals surface area contributed by atoms with Crippen molar-refractivity contribution in [3.63, 3.8) is 0 Å². The predicted octanol–water partition coefficient (Wildman–Crippen LogP) is 2.20. The molecule has 0 bridgehead atoms. The Morgan fingerprint density at radius 1 is 1.39 bits per heavy atom. The maximum atomic E-state index is 12.2. The largest absolute Gasteiger partial charge is 0.507 e. The summed E-state index contributed by atoms with van der Waals surface area (Å²) in [6, 6.07) is 2.74. The van der Waals surface area contributed by atoms with Crippen LogP contribution in [0.2, 0.25) is 5.02 Å². The summed E-state index contributed by atoms with van der Waals surface area (Å²) in [6.45, 7) is 1.21. The Kier molecular flexibility index (Phi) is 7.64. The number of ether oxygens (including phenoxy) is 1. The van der Waals surface area contributed by atoms with Gasteiger partial charge < -0.3 is 14.9 Å². The van der Waals surface area contributed by atoms with Crippen LogP contribution < -0.4 is 0 Å². The van der Waals surface area contributed by atoms with Crippen molar-refractivity contribution in [1.29, 1.82) is 0 Å². The van der Waals surface area contributed by atoms with Gasteiger partial charge in [0.1, 0.15) is 5.76 Å². The standard InChI is InChI=1S/C19H26ClNO6S/c1-21(9-10-27-2)11-13-16(28(3,25)26)8-7-12(18(13)20)19(24)17-14(22)5-4-6-15(17)23/h7-8,14,22,24H,4-6,9-11H2,1-3H3. The number of carbonyl (C=O) groups is 1. The van der Waals surface area contributed by atoms with Crippen molar-refractivity contribution in [3.05, 3.63) is 33.9 Å². The quantitative estimate of drug-likeness (QED) is 0.503. The van der Waals surface area contributed by atoms with E-state index in [2.05, 4.69) is 0 Å². The summed E-state index contributed by atoms with van der Waals surface area (Å²) in [5, 5.41) is 20.9. The molecule has 1 aliphatic carbocycles. The highest BCUT2D eigenvalue weighted by atomic mass is 35.5. The van der Waals surface area contributed by atoms with Crippen LogP contribution in [-0.4, -0.2) is 69.0 Å². The Hall–Kier alpha value is -1.45. The predicted molar refractivity (Wildman–Crippen MR) is 107 cm³/mol. The molecule has 0 aromatic heterocycles. The molecular formula is C19H26ClNO6S. The first-order valence-electron chi connectivity index (χ1n) is 8.91. The lowest BCUT2D eigenvalue weighted by Crippen LogP contribution is -2.25. The molecule has 0 heterocycles. The molecule has 1 saturated carbocycles. The number of hydrogen-bond acceptors (Lipinski definition) is 7. The van der Waals surface area contributed by atoms with E-state index in [-0.39, 0.29) is 39.8 Å². The Labute approximate surface area is 170 Å². The second kappa shape index (κ2) is 9.37. The molecule has 156 valence electrons. The molecule has 1 aromatic rings. The first-order chi connectivity index (χ1) is 13.1. The summed E-state index contributed by atoms with van der Waals surface area (Å²) < 4.78 is 29.5. The number of carbonyl (C=O) groups excluding carboxylic acids is 1. The van der Waals surface area contributed by atoms with E-state index in [1.165, 1.54) is 12.1 Å². The molecule has 1 atom stereocenters. The van der Waals surface area contributed by atoms with E-state index in [4.69, 9.17) is 16.3 Å². The van der Waals surface area contributed by atoms with E-state index < -0.39 is 21.7 Å². The van der Waals surface area contributed by atoms with Gasteiger partial charge in [0.15, 0.2) is 15.6 Å². The number of ketones is 1. The van der Waals surface area contributed by atoms with E-state index >= 15 is 0 Å². The summed E-state index contributed by atoms with van der Waals surface area (Å²) in [5.41, 5.74) is 0.387. The summed E-state index contributed by atoms with van der Waals surface area (Å²) in [4.78, 5) is 14.1. The van der Waals surface area contributed by atoms with Gasteiger partial charge in [-0.2, -0.15) is 0 Å². The minimum absolute atomic E-state index is 0.0442. The summed E-state index contributed by atoms with van der Waals surface area (Å²) >= 11 is 6.50. The third-order valence-corrected chi connectivity index (χ3v) is 6.34. The Bertz CT molecular complexity index is 881. The molecule has 2 N–H and O–H groups in total. The zero-order valence-corrected chi connectivity index (χ0v) is 17.8. The lowest BCUT2D eigenvalue weighted by atomic mass is 9.88. The van der Waals surface area contributed by atoms with Crippen molar-refractivity contribution in [2.24, 2.45) is 0 Å². The molecule has 1 fully saturated rings. The van der Waals surface area contributed by atoms with Gasteiger partial charge in [-0.15, -0.1) is 0 Å². The molecule has 0 amide bonds. The summed E-state index contributed by atoms with van der Waals surface area (Å²) in [7, 11) is -0.205. The first kappa shape index (κ1) is 22.8. The number of aliphatic hydroxyl groups excluding tert-OH is 2. The van der Waals surface area contributed by atoms with E-state index in [1.54, 1.807) is 14.2 Å². The van der Waals surface area contributed by atoms with Gasteiger partial charge in [-0.25, -0.2) is 8.42 Å². The minimum Gasteiger partial charge on any atom is -0.507 e. The smallest absolute Gasteiger partial charge is 0.175 e. The lowest BCUT2D eigenvalue weighted by molar-refractivity contribution is -0.117. The van der Waals surface area contributed by atoms with Crippen LogP contribution >= 0.6 is 11.6 Å². The van der Waals surface area contributed by atoms with Crippen molar-refractivity contribution in [3.8, 4) is 0 Å². The van der Waals surface area contributed by atoms with E-state index in [1.807, 2.05) is 4.90 Å². The van der Waals surface area contributed by atoms with Crippen LogP contribution in [-0.2, 0) is 25.9 Å². The average molecular weight is 432 g/mol. The van der Waals surface area contributed by atoms with Gasteiger partial charge in [-0.1, -0.05) is 11.6 Å². The number of aliphatic hydroxyl groups is 2. The zero-order chi connectivity index (χ0) is 21.1. The Morgan fingerprint density at radius 2 is 2.07 bits per heavy atom. The van der Waals surface area contributed by atoms with Crippen LogP contribution in [0.5, 0.6) is 0 Å². The molecule has 0 radical (unpaired) electrons. The number of sulfone groups is 1. The van der Waals surface area contributed by atoms with Gasteiger partial charge in [-0.05, 0) is 32.0 Å². The fraction of sp³-hybridized carbons (Fsp3) is 0.526. The highest BCUT2D eigenvalue weighted by Gasteiger charge is 2.30. The highest BCUT2D eigenvalue weighted by molar-refractivity contribution is 7.90. The Morgan fingerprint density at radius 3 is 2.64 bits per heavy atom. The molecule has 0 saturated heterocycles. The van der Waals surface area contributed by atoms with Gasteiger partial charge in [0.2, 0.25) is 0 Å². The Balaban J connectivity index is 2.59. The molecule has 0 aliphatic heterocycles. The van der Waals surface area contributed by atoms with E-state index in [0.29, 0.717) is 31.6 Å². The number of halogens is 1. The van der Waals surface area contributed by atoms with Gasteiger partial charge in [0.05, 0.1) is 28.2 Å². The van der Waals surface area contributed by atoms with Crippen LogP contribution in [0.4, 0.5) is 0 Å². The fourth-order valence-corrected chi connectivity index (χ4v) is 4.53. The van der Waals surface area contributed by atoms with Crippen LogP contribution in [0, 0.1) is 0 Å². The second-order valence-electron chi connectivity index (χ2n) is 7.00. The molecule has 7 nitrogen and oxygen atoms in total. The molecule has 1 aliphatic rings. The van der Waals surface area contributed by atoms with E-state index in [9.17, 15) is 23.4 Å². The normalized spacial score (nSPS) is 19.9. The van der Waals surface area contributed by atoms with Crippen molar-refractivity contribution < 1.29 is 28.2 Å². The number of Topliss-reactive ketones (excluding diaryl/α,β-unsaturated/α-hetero) is 1. The number of nitrogens with zero attached hydrogens (tertiary/aromatic N) is 1. The average Bonchev–Trinajstić information content (AvgIpc) is 2.60. The molecule has 0 spiro atoms. The lowest BCUT2D eigenvalue weighted by Gasteiger charge is -2.23. The van der Waals surface area contributed by atoms with Crippen molar-refractivity contribution in [2.75, 3.05) is 33.6 Å². The number of methoxy groups -OCH3 is 1. The van der Waals surface area contributed by atoms with Gasteiger partial charge >= 0.3 is 0 Å². The third kappa shape index (κ3) is 5.12. The van der Waals surface area contributed by atoms with Crippen molar-refractivity contribution in [1.82, 2.24) is 4.90 Å². The summed E-state index contributed by atoms with van der Waals surface area (Å²) in [6.07, 6.45) is 1.18. The number of likely N-dealkylation sites (N-methyl/N-ethyl adjacent to an activating group) is 1. The summed E-state index contributed by atoms with van der Waals surface area (Å²) in [5.74, 6) is -0.735. The maximum Gasteiger partial charge on any atom is 0.175 e. The van der Waals surface area contributed by atoms with E-state index in [0.717, 1.165) is 6.26 Å². The first-order valence-corrected chi connectivity index (χ1v) is 11.2. The van der Waals surface area contributed by atoms with Gasteiger partial charge in [0.25, 0.3) is 0 Å². The third-order valence-electron chi connectivity index (χ3n) is 4.73. The molecule has 1 aromatic carbocycles. The molecule has 9 heteroatoms. The number of rotatable bonds is 7. The SMILES string of the molecule is COCCN(C)Cc1c(S(C)(=O)=O)ccc(C(O)=C2C(=O)CCCC2O)c1Cl. The fourth-order valence-electron chi connectivity index (χ4n) is 3.23.